The molecule has 7 heteroatoms. The molecule has 3 aromatic rings. The second kappa shape index (κ2) is 8.41. The van der Waals surface area contributed by atoms with Crippen LogP contribution in [0.4, 0.5) is 17.1 Å². The average Bonchev–Trinajstić information content (AvgIpc) is 3.08. The van der Waals surface area contributed by atoms with E-state index in [1.165, 1.54) is 17.7 Å². The van der Waals surface area contributed by atoms with Crippen LogP contribution in [0.1, 0.15) is 16.7 Å². The zero-order chi connectivity index (χ0) is 22.0. The first-order valence-corrected chi connectivity index (χ1v) is 9.83. The van der Waals surface area contributed by atoms with E-state index in [1.807, 2.05) is 62.6 Å². The van der Waals surface area contributed by atoms with Crippen molar-refractivity contribution in [2.24, 2.45) is 0 Å². The van der Waals surface area contributed by atoms with Crippen LogP contribution in [0, 0.1) is 10.1 Å². The highest BCUT2D eigenvalue weighted by Gasteiger charge is 2.28. The van der Waals surface area contributed by atoms with Gasteiger partial charge in [-0.2, -0.15) is 0 Å². The summed E-state index contributed by atoms with van der Waals surface area (Å²) >= 11 is 0. The van der Waals surface area contributed by atoms with E-state index in [0.29, 0.717) is 16.8 Å². The van der Waals surface area contributed by atoms with Crippen LogP contribution in [0.3, 0.4) is 0 Å². The monoisotopic (exact) mass is 414 g/mol. The van der Waals surface area contributed by atoms with Gasteiger partial charge in [0, 0.05) is 35.6 Å². The number of nitrogens with one attached hydrogen (secondary N) is 2. The molecule has 1 heterocycles. The number of hydrogen-bond donors (Lipinski definition) is 2. The lowest BCUT2D eigenvalue weighted by atomic mass is 9.99. The van der Waals surface area contributed by atoms with Gasteiger partial charge >= 0.3 is 0 Å². The van der Waals surface area contributed by atoms with Crippen LogP contribution in [0.5, 0.6) is 0 Å². The molecule has 0 fully saturated rings. The maximum absolute atomic E-state index is 12.9. The molecule has 0 unspecified atom stereocenters. The molecule has 31 heavy (non-hydrogen) atoms. The second-order valence-corrected chi connectivity index (χ2v) is 7.61. The van der Waals surface area contributed by atoms with Gasteiger partial charge in [0.15, 0.2) is 0 Å². The smallest absolute Gasteiger partial charge is 0.269 e. The van der Waals surface area contributed by atoms with Crippen molar-refractivity contribution in [1.29, 1.82) is 0 Å². The number of nitro groups is 1. The highest BCUT2D eigenvalue weighted by Crippen LogP contribution is 2.37. The predicted molar refractivity (Wildman–Crippen MR) is 122 cm³/mol. The summed E-state index contributed by atoms with van der Waals surface area (Å²) in [6.07, 6.45) is 0. The van der Waals surface area contributed by atoms with Crippen molar-refractivity contribution in [2.45, 2.75) is 6.54 Å². The SMILES string of the molecule is CN(C)Cc1ccc(NC(=C2C(=O)Nc3ccccc32)c2ccc([N+](=O)[O-])cc2)cc1. The van der Waals surface area contributed by atoms with E-state index in [2.05, 4.69) is 15.5 Å². The Morgan fingerprint density at radius 1 is 1.00 bits per heavy atom. The van der Waals surface area contributed by atoms with Gasteiger partial charge in [-0.1, -0.05) is 30.3 Å². The molecule has 1 aliphatic rings. The Labute approximate surface area is 180 Å². The van der Waals surface area contributed by atoms with E-state index >= 15 is 0 Å². The second-order valence-electron chi connectivity index (χ2n) is 7.61. The molecule has 7 nitrogen and oxygen atoms in total. The zero-order valence-electron chi connectivity index (χ0n) is 17.3. The number of para-hydroxylation sites is 1. The van der Waals surface area contributed by atoms with Crippen LogP contribution in [-0.2, 0) is 11.3 Å². The van der Waals surface area contributed by atoms with Crippen LogP contribution in [0.15, 0.2) is 72.8 Å². The van der Waals surface area contributed by atoms with E-state index in [9.17, 15) is 14.9 Å². The molecule has 1 aliphatic heterocycles. The highest BCUT2D eigenvalue weighted by molar-refractivity contribution is 6.37. The molecular weight excluding hydrogens is 392 g/mol. The topological polar surface area (TPSA) is 87.5 Å². The maximum Gasteiger partial charge on any atom is 0.269 e. The number of hydrogen-bond acceptors (Lipinski definition) is 5. The van der Waals surface area contributed by atoms with Gasteiger partial charge in [0.2, 0.25) is 0 Å². The third-order valence-corrected chi connectivity index (χ3v) is 5.01. The molecule has 1 amide bonds. The van der Waals surface area contributed by atoms with Crippen molar-refractivity contribution < 1.29 is 9.72 Å². The van der Waals surface area contributed by atoms with Gasteiger partial charge in [-0.05, 0) is 55.6 Å². The Balaban J connectivity index is 1.79. The molecule has 4 rings (SSSR count). The highest BCUT2D eigenvalue weighted by atomic mass is 16.6. The van der Waals surface area contributed by atoms with Crippen LogP contribution < -0.4 is 10.6 Å². The minimum absolute atomic E-state index is 0.00240. The van der Waals surface area contributed by atoms with E-state index in [4.69, 9.17) is 0 Å². The number of anilines is 2. The number of nitrogens with zero attached hydrogens (tertiary/aromatic N) is 2. The van der Waals surface area contributed by atoms with Crippen LogP contribution in [0.25, 0.3) is 11.3 Å². The predicted octanol–water partition coefficient (Wildman–Crippen LogP) is 4.59. The number of nitro benzene ring substituents is 1. The summed E-state index contributed by atoms with van der Waals surface area (Å²) < 4.78 is 0. The minimum Gasteiger partial charge on any atom is -0.354 e. The summed E-state index contributed by atoms with van der Waals surface area (Å²) in [4.78, 5) is 25.6. The van der Waals surface area contributed by atoms with E-state index < -0.39 is 4.92 Å². The Morgan fingerprint density at radius 3 is 2.32 bits per heavy atom. The number of benzene rings is 3. The summed E-state index contributed by atoms with van der Waals surface area (Å²) in [6.45, 7) is 0.826. The lowest BCUT2D eigenvalue weighted by Gasteiger charge is -2.16. The van der Waals surface area contributed by atoms with Gasteiger partial charge in [0.1, 0.15) is 0 Å². The van der Waals surface area contributed by atoms with Gasteiger partial charge in [-0.3, -0.25) is 14.9 Å². The van der Waals surface area contributed by atoms with Gasteiger partial charge in [-0.15, -0.1) is 0 Å². The van der Waals surface area contributed by atoms with Gasteiger partial charge < -0.3 is 15.5 Å². The molecular formula is C24H22N4O3. The number of amides is 1. The lowest BCUT2D eigenvalue weighted by Crippen LogP contribution is -2.11. The molecule has 3 aromatic carbocycles. The van der Waals surface area contributed by atoms with Crippen LogP contribution >= 0.6 is 0 Å². The Morgan fingerprint density at radius 2 is 1.68 bits per heavy atom. The number of fused-ring (bicyclic) bond motifs is 1. The first kappa shape index (κ1) is 20.3. The minimum atomic E-state index is -0.439. The largest absolute Gasteiger partial charge is 0.354 e. The molecule has 0 saturated carbocycles. The fourth-order valence-electron chi connectivity index (χ4n) is 3.60. The molecule has 0 spiro atoms. The van der Waals surface area contributed by atoms with Gasteiger partial charge in [-0.25, -0.2) is 0 Å². The van der Waals surface area contributed by atoms with Crippen molar-refractivity contribution >= 4 is 34.2 Å². The first-order chi connectivity index (χ1) is 14.9. The average molecular weight is 414 g/mol. The standard InChI is InChI=1S/C24H22N4O3/c1-27(2)15-16-7-11-18(12-8-16)25-23(17-9-13-19(14-10-17)28(30)31)22-20-5-3-4-6-21(20)26-24(22)29/h3-14,25H,15H2,1-2H3,(H,26,29). The molecule has 0 bridgehead atoms. The number of rotatable bonds is 6. The lowest BCUT2D eigenvalue weighted by molar-refractivity contribution is -0.384. The third-order valence-electron chi connectivity index (χ3n) is 5.01. The molecule has 0 radical (unpaired) electrons. The van der Waals surface area contributed by atoms with Gasteiger partial charge in [0.25, 0.3) is 11.6 Å². The summed E-state index contributed by atoms with van der Waals surface area (Å²) in [7, 11) is 4.03. The fraction of sp³-hybridized carbons (Fsp3) is 0.125. The van der Waals surface area contributed by atoms with Crippen molar-refractivity contribution in [3.8, 4) is 0 Å². The number of non-ortho nitro benzene ring substituents is 1. The van der Waals surface area contributed by atoms with Crippen LogP contribution in [-0.4, -0.2) is 29.8 Å². The van der Waals surface area contributed by atoms with E-state index in [-0.39, 0.29) is 11.6 Å². The third kappa shape index (κ3) is 4.31. The van der Waals surface area contributed by atoms with E-state index in [0.717, 1.165) is 23.5 Å². The van der Waals surface area contributed by atoms with Gasteiger partial charge in [0.05, 0.1) is 16.2 Å². The Hall–Kier alpha value is -3.97. The molecule has 0 aliphatic carbocycles. The van der Waals surface area contributed by atoms with E-state index in [1.54, 1.807) is 12.1 Å². The van der Waals surface area contributed by atoms with Crippen molar-refractivity contribution in [2.75, 3.05) is 24.7 Å². The van der Waals surface area contributed by atoms with Crippen molar-refractivity contribution in [3.05, 3.63) is 99.6 Å². The Kier molecular flexibility index (Phi) is 5.51. The maximum atomic E-state index is 12.9. The first-order valence-electron chi connectivity index (χ1n) is 9.83. The van der Waals surface area contributed by atoms with Crippen molar-refractivity contribution in [1.82, 2.24) is 4.90 Å². The normalized spacial score (nSPS) is 14.2. The molecule has 0 aromatic heterocycles. The summed E-state index contributed by atoms with van der Waals surface area (Å²) in [5.41, 5.74) is 5.30. The fourth-order valence-corrected chi connectivity index (χ4v) is 3.60. The summed E-state index contributed by atoms with van der Waals surface area (Å²) in [5.74, 6) is -0.216. The van der Waals surface area contributed by atoms with Crippen LogP contribution in [0.2, 0.25) is 0 Å². The van der Waals surface area contributed by atoms with Crippen molar-refractivity contribution in [3.63, 3.8) is 0 Å². The summed E-state index contributed by atoms with van der Waals surface area (Å²) in [5, 5.41) is 17.3. The number of carbonyl (C=O) groups excluding carboxylic acids is 1. The zero-order valence-corrected chi connectivity index (χ0v) is 17.3. The molecule has 156 valence electrons. The molecule has 2 N–H and O–H groups in total. The summed E-state index contributed by atoms with van der Waals surface area (Å²) in [6, 6.07) is 21.7. The molecule has 0 saturated heterocycles. The quantitative estimate of drug-likeness (QED) is 0.350. The number of carbonyl (C=O) groups is 1. The molecule has 0 atom stereocenters. The Bertz CT molecular complexity index is 1170.